The van der Waals surface area contributed by atoms with Gasteiger partial charge in [-0.05, 0) is 12.8 Å². The van der Waals surface area contributed by atoms with Gasteiger partial charge >= 0.3 is 23.1 Å². The minimum absolute atomic E-state index is 0. The molecule has 0 spiro atoms. The van der Waals surface area contributed by atoms with Crippen molar-refractivity contribution in [1.29, 1.82) is 0 Å². The number of amides is 4. The first-order valence-electron chi connectivity index (χ1n) is 7.91. The summed E-state index contributed by atoms with van der Waals surface area (Å²) in [6.45, 7) is -0.638. The Morgan fingerprint density at radius 3 is 1.14 bits per heavy atom. The monoisotopic (exact) mass is 428 g/mol. The molecule has 0 bridgehead atoms. The number of rotatable bonds is 12. The summed E-state index contributed by atoms with van der Waals surface area (Å²) in [7, 11) is 0. The van der Waals surface area contributed by atoms with Gasteiger partial charge in [0.2, 0.25) is 23.6 Å². The first-order chi connectivity index (χ1) is 12.9. The first-order valence-corrected chi connectivity index (χ1v) is 7.91. The number of carbonyl (C=O) groups excluding carboxylic acids is 6. The predicted octanol–water partition coefficient (Wildman–Crippen LogP) is -7.49. The normalized spacial score (nSPS) is 11.4. The van der Waals surface area contributed by atoms with Crippen molar-refractivity contribution in [2.45, 2.75) is 37.8 Å². The molecule has 0 aliphatic heterocycles. The largest absolute Gasteiger partial charge is 2.00 e. The smallest absolute Gasteiger partial charge is 0.548 e. The maximum atomic E-state index is 10.7. The third-order valence-electron chi connectivity index (χ3n) is 2.97. The fraction of sp³-hybridized carbons (Fsp3) is 0.571. The van der Waals surface area contributed by atoms with Gasteiger partial charge < -0.3 is 53.4 Å². The SMILES string of the molecule is NCC(=O)N[C@@H](CCC(N)=O)C(=O)[O-].NCC(=O)N[C@@H](CCC(N)=O)C(=O)[O-].[Mg+2]. The molecule has 0 heterocycles. The van der Waals surface area contributed by atoms with Crippen molar-refractivity contribution in [3.05, 3.63) is 0 Å². The van der Waals surface area contributed by atoms with Crippen LogP contribution >= 0.6 is 0 Å². The molecule has 15 heteroatoms. The van der Waals surface area contributed by atoms with Crippen molar-refractivity contribution in [2.75, 3.05) is 13.1 Å². The summed E-state index contributed by atoms with van der Waals surface area (Å²) in [5.74, 6) is -5.45. The molecular weight excluding hydrogens is 404 g/mol. The quantitative estimate of drug-likeness (QED) is 0.159. The van der Waals surface area contributed by atoms with Gasteiger partial charge in [0.05, 0.1) is 37.1 Å². The van der Waals surface area contributed by atoms with Crippen LogP contribution in [-0.4, -0.2) is 83.8 Å². The molecule has 0 fully saturated rings. The van der Waals surface area contributed by atoms with Gasteiger partial charge in [-0.25, -0.2) is 0 Å². The summed E-state index contributed by atoms with van der Waals surface area (Å²) in [4.78, 5) is 63.1. The minimum Gasteiger partial charge on any atom is -0.548 e. The van der Waals surface area contributed by atoms with Crippen molar-refractivity contribution >= 4 is 58.6 Å². The van der Waals surface area contributed by atoms with E-state index in [4.69, 9.17) is 22.9 Å². The average molecular weight is 429 g/mol. The molecule has 0 aromatic rings. The van der Waals surface area contributed by atoms with E-state index in [0.29, 0.717) is 0 Å². The van der Waals surface area contributed by atoms with Gasteiger partial charge in [-0.1, -0.05) is 0 Å². The van der Waals surface area contributed by atoms with E-state index in [-0.39, 0.29) is 61.8 Å². The average Bonchev–Trinajstić information content (AvgIpc) is 2.61. The molecule has 0 radical (unpaired) electrons. The summed E-state index contributed by atoms with van der Waals surface area (Å²) in [5.41, 5.74) is 19.5. The molecule has 0 aliphatic carbocycles. The molecule has 4 amide bonds. The van der Waals surface area contributed by atoms with Gasteiger partial charge in [-0.3, -0.25) is 19.2 Å². The maximum Gasteiger partial charge on any atom is 2.00 e. The molecule has 2 atom stereocenters. The number of nitrogens with one attached hydrogen (secondary N) is 2. The molecule has 14 nitrogen and oxygen atoms in total. The van der Waals surface area contributed by atoms with Crippen molar-refractivity contribution in [1.82, 2.24) is 10.6 Å². The Bertz CT molecular complexity index is 538. The van der Waals surface area contributed by atoms with Crippen LogP contribution in [0, 0.1) is 0 Å². The van der Waals surface area contributed by atoms with Crippen LogP contribution in [-0.2, 0) is 28.8 Å². The zero-order valence-corrected chi connectivity index (χ0v) is 17.1. The van der Waals surface area contributed by atoms with Gasteiger partial charge in [0.15, 0.2) is 0 Å². The van der Waals surface area contributed by atoms with E-state index in [9.17, 15) is 39.0 Å². The van der Waals surface area contributed by atoms with Gasteiger partial charge in [0, 0.05) is 12.8 Å². The molecule has 160 valence electrons. The Morgan fingerprint density at radius 2 is 0.966 bits per heavy atom. The Balaban J connectivity index is -0.000000451. The van der Waals surface area contributed by atoms with E-state index in [1.807, 2.05) is 0 Å². The van der Waals surface area contributed by atoms with Crippen molar-refractivity contribution < 1.29 is 39.0 Å². The van der Waals surface area contributed by atoms with Gasteiger partial charge in [-0.15, -0.1) is 0 Å². The van der Waals surface area contributed by atoms with Crippen molar-refractivity contribution in [3.63, 3.8) is 0 Å². The fourth-order valence-electron chi connectivity index (χ4n) is 1.58. The number of carbonyl (C=O) groups is 6. The third-order valence-corrected chi connectivity index (χ3v) is 2.97. The van der Waals surface area contributed by atoms with E-state index < -0.39 is 47.7 Å². The summed E-state index contributed by atoms with van der Waals surface area (Å²) < 4.78 is 0. The number of hydrogen-bond donors (Lipinski definition) is 6. The third kappa shape index (κ3) is 18.6. The van der Waals surface area contributed by atoms with Crippen LogP contribution in [0.1, 0.15) is 25.7 Å². The minimum atomic E-state index is -1.46. The van der Waals surface area contributed by atoms with Gasteiger partial charge in [0.1, 0.15) is 0 Å². The van der Waals surface area contributed by atoms with E-state index >= 15 is 0 Å². The molecular formula is C14H24MgN6O8. The second-order valence-electron chi connectivity index (χ2n) is 5.30. The van der Waals surface area contributed by atoms with Crippen LogP contribution in [0.3, 0.4) is 0 Å². The van der Waals surface area contributed by atoms with Crippen molar-refractivity contribution in [2.24, 2.45) is 22.9 Å². The zero-order valence-electron chi connectivity index (χ0n) is 15.7. The number of aliphatic carboxylic acids is 2. The van der Waals surface area contributed by atoms with E-state index in [0.717, 1.165) is 0 Å². The number of nitrogens with two attached hydrogens (primary N) is 4. The number of primary amides is 2. The Labute approximate surface area is 182 Å². The molecule has 0 aromatic heterocycles. The fourth-order valence-corrected chi connectivity index (χ4v) is 1.58. The molecule has 10 N–H and O–H groups in total. The zero-order chi connectivity index (χ0) is 22.3. The van der Waals surface area contributed by atoms with Crippen LogP contribution in [0.2, 0.25) is 0 Å². The van der Waals surface area contributed by atoms with E-state index in [2.05, 4.69) is 10.6 Å². The van der Waals surface area contributed by atoms with Gasteiger partial charge in [0.25, 0.3) is 0 Å². The summed E-state index contributed by atoms with van der Waals surface area (Å²) in [6, 6.07) is -2.45. The Hall–Kier alpha value is -2.49. The van der Waals surface area contributed by atoms with E-state index in [1.54, 1.807) is 0 Å². The molecule has 0 aromatic carbocycles. The van der Waals surface area contributed by atoms with Crippen LogP contribution < -0.4 is 43.8 Å². The summed E-state index contributed by atoms with van der Waals surface area (Å²) >= 11 is 0. The van der Waals surface area contributed by atoms with Gasteiger partial charge in [-0.2, -0.15) is 0 Å². The second kappa shape index (κ2) is 17.6. The molecule has 0 aliphatic rings. The topological polar surface area (TPSA) is 277 Å². The second-order valence-corrected chi connectivity index (χ2v) is 5.30. The van der Waals surface area contributed by atoms with Crippen LogP contribution in [0.25, 0.3) is 0 Å². The van der Waals surface area contributed by atoms with Crippen molar-refractivity contribution in [3.8, 4) is 0 Å². The van der Waals surface area contributed by atoms with Crippen LogP contribution in [0.15, 0.2) is 0 Å². The summed E-state index contributed by atoms with van der Waals surface area (Å²) in [6.07, 6.45) is -0.459. The van der Waals surface area contributed by atoms with E-state index in [1.165, 1.54) is 0 Å². The molecule has 0 unspecified atom stereocenters. The number of carboxylic acids is 2. The standard InChI is InChI=1S/2C7H13N3O4.Mg/c2*8-3-6(12)10-4(7(13)14)1-2-5(9)11;/h2*4H,1-3,8H2,(H2,9,11)(H,10,12)(H,13,14);/q;;+2/p-2/t2*4-;/m00./s1. The molecule has 0 saturated carbocycles. The summed E-state index contributed by atoms with van der Waals surface area (Å²) in [5, 5.41) is 25.1. The maximum absolute atomic E-state index is 10.7. The Morgan fingerprint density at radius 1 is 0.690 bits per heavy atom. The molecule has 0 saturated heterocycles. The predicted molar refractivity (Wildman–Crippen MR) is 94.6 cm³/mol. The number of carboxylic acid groups (broad SMARTS) is 2. The number of hydrogen-bond acceptors (Lipinski definition) is 10. The van der Waals surface area contributed by atoms with Crippen LogP contribution in [0.5, 0.6) is 0 Å². The Kier molecular flexibility index (Phi) is 18.9. The molecule has 29 heavy (non-hydrogen) atoms. The first kappa shape index (κ1) is 31.2. The molecule has 0 rings (SSSR count). The van der Waals surface area contributed by atoms with Crippen LogP contribution in [0.4, 0.5) is 0 Å².